The number of anilines is 2. The molecule has 3 aromatic heterocycles. The summed E-state index contributed by atoms with van der Waals surface area (Å²) in [5, 5.41) is 18.0. The molecule has 0 atom stereocenters. The van der Waals surface area contributed by atoms with Gasteiger partial charge < -0.3 is 15.2 Å². The molecule has 1 saturated carbocycles. The molecule has 2 N–H and O–H groups in total. The first kappa shape index (κ1) is 18.4. The first-order chi connectivity index (χ1) is 13.4. The van der Waals surface area contributed by atoms with Crippen molar-refractivity contribution in [2.45, 2.75) is 51.7 Å². The van der Waals surface area contributed by atoms with E-state index in [2.05, 4.69) is 27.3 Å². The smallest absolute Gasteiger partial charge is 0.168 e. The number of ether oxygens (including phenoxy) is 1. The number of hydrogen-bond donors (Lipinski definition) is 2. The molecule has 3 aromatic rings. The predicted molar refractivity (Wildman–Crippen MR) is 107 cm³/mol. The summed E-state index contributed by atoms with van der Waals surface area (Å²) < 4.78 is 8.12. The Hall–Kier alpha value is -2.93. The third-order valence-corrected chi connectivity index (χ3v) is 4.64. The average Bonchev–Trinajstić information content (AvgIpc) is 3.43. The van der Waals surface area contributed by atoms with Crippen LogP contribution in [0.15, 0.2) is 42.9 Å². The van der Waals surface area contributed by atoms with E-state index in [9.17, 15) is 5.11 Å². The number of pyridine rings is 2. The molecule has 0 bridgehead atoms. The van der Waals surface area contributed by atoms with Crippen LogP contribution in [-0.4, -0.2) is 24.9 Å². The maximum Gasteiger partial charge on any atom is 0.168 e. The minimum absolute atomic E-state index is 0.522. The van der Waals surface area contributed by atoms with Gasteiger partial charge in [0.1, 0.15) is 22.9 Å². The topological polar surface area (TPSA) is 85.1 Å². The Morgan fingerprint density at radius 2 is 2.00 bits per heavy atom. The highest BCUT2D eigenvalue weighted by atomic mass is 16.5. The molecule has 7 heteroatoms. The Balaban J connectivity index is 1.52. The highest BCUT2D eigenvalue weighted by molar-refractivity contribution is 5.57. The fraction of sp³-hybridized carbons (Fsp3) is 0.381. The Bertz CT molecular complexity index is 973. The summed E-state index contributed by atoms with van der Waals surface area (Å²) in [6.45, 7) is 5.49. The van der Waals surface area contributed by atoms with Gasteiger partial charge in [0.15, 0.2) is 5.75 Å². The van der Waals surface area contributed by atoms with Crippen molar-refractivity contribution in [2.75, 3.05) is 5.32 Å². The van der Waals surface area contributed by atoms with Crippen molar-refractivity contribution in [2.24, 2.45) is 0 Å². The summed E-state index contributed by atoms with van der Waals surface area (Å²) in [5.41, 5.74) is 1.34. The molecule has 0 radical (unpaired) electrons. The molecule has 1 aliphatic carbocycles. The van der Waals surface area contributed by atoms with Crippen LogP contribution in [0.1, 0.15) is 51.0 Å². The first-order valence-corrected chi connectivity index (χ1v) is 9.60. The van der Waals surface area contributed by atoms with E-state index >= 15 is 0 Å². The molecule has 4 rings (SSSR count). The lowest BCUT2D eigenvalue weighted by Crippen LogP contribution is -2.17. The standard InChI is InChI=1S/C21H25N5O2/c1-4-17-18(13-26(25-17)15-5-6-15)28-16-8-10-23-20(12-16)24-14-7-9-22-19(11-14)21(2,3)27/h7-13,15,27H,4-6H2,1-3H3,(H,22,23,24). The second-order valence-corrected chi connectivity index (χ2v) is 7.60. The number of nitrogens with one attached hydrogen (secondary N) is 1. The van der Waals surface area contributed by atoms with Crippen LogP contribution in [-0.2, 0) is 12.0 Å². The zero-order valence-electron chi connectivity index (χ0n) is 16.4. The van der Waals surface area contributed by atoms with E-state index in [0.29, 0.717) is 23.3 Å². The van der Waals surface area contributed by atoms with Crippen molar-refractivity contribution in [3.63, 3.8) is 0 Å². The summed E-state index contributed by atoms with van der Waals surface area (Å²) in [5.74, 6) is 2.14. The van der Waals surface area contributed by atoms with Crippen molar-refractivity contribution in [3.8, 4) is 11.5 Å². The van der Waals surface area contributed by atoms with Gasteiger partial charge in [0.05, 0.1) is 17.9 Å². The van der Waals surface area contributed by atoms with Crippen molar-refractivity contribution >= 4 is 11.5 Å². The van der Waals surface area contributed by atoms with Gasteiger partial charge in [-0.2, -0.15) is 5.10 Å². The largest absolute Gasteiger partial charge is 0.454 e. The summed E-state index contributed by atoms with van der Waals surface area (Å²) in [7, 11) is 0. The van der Waals surface area contributed by atoms with Gasteiger partial charge in [-0.15, -0.1) is 0 Å². The third-order valence-electron chi connectivity index (χ3n) is 4.64. The number of aryl methyl sites for hydroxylation is 1. The highest BCUT2D eigenvalue weighted by Gasteiger charge is 2.26. The van der Waals surface area contributed by atoms with E-state index in [0.717, 1.165) is 23.6 Å². The number of hydrogen-bond acceptors (Lipinski definition) is 6. The van der Waals surface area contributed by atoms with Gasteiger partial charge >= 0.3 is 0 Å². The van der Waals surface area contributed by atoms with E-state index in [1.54, 1.807) is 26.2 Å². The van der Waals surface area contributed by atoms with E-state index in [4.69, 9.17) is 4.74 Å². The van der Waals surface area contributed by atoms with Crippen LogP contribution in [0.2, 0.25) is 0 Å². The van der Waals surface area contributed by atoms with Crippen molar-refractivity contribution < 1.29 is 9.84 Å². The van der Waals surface area contributed by atoms with Crippen LogP contribution in [0.3, 0.4) is 0 Å². The third kappa shape index (κ3) is 4.14. The van der Waals surface area contributed by atoms with Crippen LogP contribution in [0.25, 0.3) is 0 Å². The predicted octanol–water partition coefficient (Wildman–Crippen LogP) is 4.33. The summed E-state index contributed by atoms with van der Waals surface area (Å²) in [6.07, 6.45) is 8.55. The van der Waals surface area contributed by atoms with Crippen molar-refractivity contribution in [1.29, 1.82) is 0 Å². The van der Waals surface area contributed by atoms with Crippen LogP contribution >= 0.6 is 0 Å². The number of aromatic nitrogens is 4. The molecular formula is C21H25N5O2. The fourth-order valence-electron chi connectivity index (χ4n) is 2.93. The maximum atomic E-state index is 10.1. The molecule has 0 unspecified atom stereocenters. The zero-order chi connectivity index (χ0) is 19.7. The van der Waals surface area contributed by atoms with E-state index in [-0.39, 0.29) is 0 Å². The van der Waals surface area contributed by atoms with Gasteiger partial charge in [0.2, 0.25) is 0 Å². The van der Waals surface area contributed by atoms with Gasteiger partial charge in [-0.3, -0.25) is 9.67 Å². The second-order valence-electron chi connectivity index (χ2n) is 7.60. The van der Waals surface area contributed by atoms with E-state index in [1.165, 1.54) is 12.8 Å². The van der Waals surface area contributed by atoms with Crippen molar-refractivity contribution in [3.05, 3.63) is 54.2 Å². The van der Waals surface area contributed by atoms with Crippen molar-refractivity contribution in [1.82, 2.24) is 19.7 Å². The summed E-state index contributed by atoms with van der Waals surface area (Å²) >= 11 is 0. The Kier molecular flexibility index (Phi) is 4.77. The van der Waals surface area contributed by atoms with Crippen LogP contribution in [0.5, 0.6) is 11.5 Å². The summed E-state index contributed by atoms with van der Waals surface area (Å²) in [6, 6.07) is 7.84. The first-order valence-electron chi connectivity index (χ1n) is 9.60. The lowest BCUT2D eigenvalue weighted by molar-refractivity contribution is 0.0739. The SMILES string of the molecule is CCc1nn(C2CC2)cc1Oc1ccnc(Nc2ccnc(C(C)(C)O)c2)c1. The molecule has 0 saturated heterocycles. The highest BCUT2D eigenvalue weighted by Crippen LogP contribution is 2.37. The molecule has 1 aliphatic rings. The van der Waals surface area contributed by atoms with Gasteiger partial charge in [-0.1, -0.05) is 6.92 Å². The minimum Gasteiger partial charge on any atom is -0.454 e. The van der Waals surface area contributed by atoms with E-state index < -0.39 is 5.60 Å². The molecule has 0 amide bonds. The molecule has 0 aromatic carbocycles. The lowest BCUT2D eigenvalue weighted by atomic mass is 10.0. The monoisotopic (exact) mass is 379 g/mol. The quantitative estimate of drug-likeness (QED) is 0.635. The molecule has 1 fully saturated rings. The van der Waals surface area contributed by atoms with Gasteiger partial charge in [-0.25, -0.2) is 4.98 Å². The molecule has 3 heterocycles. The Morgan fingerprint density at radius 1 is 1.21 bits per heavy atom. The van der Waals surface area contributed by atoms with Gasteiger partial charge in [0.25, 0.3) is 0 Å². The second kappa shape index (κ2) is 7.24. The molecule has 0 spiro atoms. The maximum absolute atomic E-state index is 10.1. The summed E-state index contributed by atoms with van der Waals surface area (Å²) in [4.78, 5) is 8.58. The minimum atomic E-state index is -1.01. The van der Waals surface area contributed by atoms with Crippen LogP contribution in [0.4, 0.5) is 11.5 Å². The zero-order valence-corrected chi connectivity index (χ0v) is 16.4. The van der Waals surface area contributed by atoms with Crippen LogP contribution < -0.4 is 10.1 Å². The number of aliphatic hydroxyl groups is 1. The van der Waals surface area contributed by atoms with Gasteiger partial charge in [-0.05, 0) is 51.3 Å². The van der Waals surface area contributed by atoms with Crippen LogP contribution in [0, 0.1) is 0 Å². The Morgan fingerprint density at radius 3 is 2.71 bits per heavy atom. The van der Waals surface area contributed by atoms with Gasteiger partial charge in [0, 0.05) is 24.1 Å². The molecule has 146 valence electrons. The molecular weight excluding hydrogens is 354 g/mol. The number of nitrogens with zero attached hydrogens (tertiary/aromatic N) is 4. The van der Waals surface area contributed by atoms with E-state index in [1.807, 2.05) is 35.1 Å². The molecule has 7 nitrogen and oxygen atoms in total. The molecule has 0 aliphatic heterocycles. The average molecular weight is 379 g/mol. The molecule has 28 heavy (non-hydrogen) atoms. The Labute approximate surface area is 164 Å². The fourth-order valence-corrected chi connectivity index (χ4v) is 2.93. The lowest BCUT2D eigenvalue weighted by Gasteiger charge is -2.17. The number of rotatable bonds is 7. The normalized spacial score (nSPS) is 14.1.